The maximum Gasteiger partial charge on any atom is 0.336 e. The Labute approximate surface area is 140 Å². The number of fused-ring (bicyclic) bond motifs is 5. The summed E-state index contributed by atoms with van der Waals surface area (Å²) in [5, 5.41) is 1.90. The molecule has 1 N–H and O–H groups in total. The topological polar surface area (TPSA) is 45.3 Å². The van der Waals surface area contributed by atoms with E-state index in [-0.39, 0.29) is 5.97 Å². The van der Waals surface area contributed by atoms with E-state index in [0.717, 1.165) is 65.2 Å². The van der Waals surface area contributed by atoms with Gasteiger partial charge < -0.3 is 14.6 Å². The zero-order valence-corrected chi connectivity index (χ0v) is 13.9. The first-order valence-corrected chi connectivity index (χ1v) is 8.52. The van der Waals surface area contributed by atoms with E-state index in [4.69, 9.17) is 16.3 Å². The lowest BCUT2D eigenvalue weighted by atomic mass is 9.93. The number of ether oxygens (including phenoxy) is 1. The molecule has 1 aromatic carbocycles. The SMILES string of the molecule is CCOC(=O)C1=C2c3[nH]c4ccc(Cl)cc4c3CCN2CCC1. The average Bonchev–Trinajstić information content (AvgIpc) is 2.92. The number of nitrogens with one attached hydrogen (secondary N) is 1. The molecule has 3 heterocycles. The van der Waals surface area contributed by atoms with Gasteiger partial charge >= 0.3 is 5.97 Å². The zero-order valence-electron chi connectivity index (χ0n) is 13.1. The number of carbonyl (C=O) groups is 1. The smallest absolute Gasteiger partial charge is 0.336 e. The fraction of sp³-hybridized carbons (Fsp3) is 0.389. The molecule has 23 heavy (non-hydrogen) atoms. The van der Waals surface area contributed by atoms with Crippen LogP contribution in [0.15, 0.2) is 23.8 Å². The van der Waals surface area contributed by atoms with E-state index in [1.54, 1.807) is 0 Å². The van der Waals surface area contributed by atoms with Crippen LogP contribution < -0.4 is 0 Å². The molecule has 0 radical (unpaired) electrons. The fourth-order valence-electron chi connectivity index (χ4n) is 3.75. The zero-order chi connectivity index (χ0) is 16.0. The van der Waals surface area contributed by atoms with Crippen molar-refractivity contribution in [3.8, 4) is 0 Å². The third kappa shape index (κ3) is 2.32. The van der Waals surface area contributed by atoms with Gasteiger partial charge in [0.25, 0.3) is 0 Å². The predicted octanol–water partition coefficient (Wildman–Crippen LogP) is 3.75. The van der Waals surface area contributed by atoms with Crippen LogP contribution >= 0.6 is 11.6 Å². The molecule has 4 rings (SSSR count). The van der Waals surface area contributed by atoms with Crippen molar-refractivity contribution < 1.29 is 9.53 Å². The number of aromatic amines is 1. The lowest BCUT2D eigenvalue weighted by molar-refractivity contribution is -0.138. The molecule has 2 aromatic rings. The van der Waals surface area contributed by atoms with E-state index >= 15 is 0 Å². The van der Waals surface area contributed by atoms with Crippen LogP contribution in [0.3, 0.4) is 0 Å². The number of rotatable bonds is 2. The predicted molar refractivity (Wildman–Crippen MR) is 91.4 cm³/mol. The van der Waals surface area contributed by atoms with E-state index in [9.17, 15) is 4.79 Å². The number of carbonyl (C=O) groups excluding carboxylic acids is 1. The van der Waals surface area contributed by atoms with Gasteiger partial charge in [-0.25, -0.2) is 4.79 Å². The molecule has 120 valence electrons. The first kappa shape index (κ1) is 14.6. The summed E-state index contributed by atoms with van der Waals surface area (Å²) < 4.78 is 5.28. The Morgan fingerprint density at radius 1 is 1.35 bits per heavy atom. The summed E-state index contributed by atoms with van der Waals surface area (Å²) in [5.41, 5.74) is 5.23. The maximum absolute atomic E-state index is 12.4. The van der Waals surface area contributed by atoms with Crippen molar-refractivity contribution in [2.75, 3.05) is 19.7 Å². The van der Waals surface area contributed by atoms with Gasteiger partial charge in [0.05, 0.1) is 23.6 Å². The Morgan fingerprint density at radius 2 is 2.22 bits per heavy atom. The van der Waals surface area contributed by atoms with Crippen molar-refractivity contribution in [3.05, 3.63) is 40.1 Å². The second-order valence-corrected chi connectivity index (χ2v) is 6.49. The van der Waals surface area contributed by atoms with E-state index in [0.29, 0.717) is 6.61 Å². The molecular weight excluding hydrogens is 312 g/mol. The van der Waals surface area contributed by atoms with E-state index in [1.165, 1.54) is 5.56 Å². The Bertz CT molecular complexity index is 822. The van der Waals surface area contributed by atoms with Crippen molar-refractivity contribution in [2.24, 2.45) is 0 Å². The lowest BCUT2D eigenvalue weighted by Crippen LogP contribution is -2.35. The van der Waals surface area contributed by atoms with Crippen LogP contribution in [-0.4, -0.2) is 35.5 Å². The van der Waals surface area contributed by atoms with E-state index in [2.05, 4.69) is 9.88 Å². The van der Waals surface area contributed by atoms with Gasteiger partial charge in [-0.05, 0) is 49.9 Å². The molecule has 0 aliphatic carbocycles. The number of esters is 1. The van der Waals surface area contributed by atoms with Gasteiger partial charge in [0.2, 0.25) is 0 Å². The molecule has 1 aromatic heterocycles. The number of H-pyrrole nitrogens is 1. The van der Waals surface area contributed by atoms with Crippen molar-refractivity contribution in [2.45, 2.75) is 26.2 Å². The Hall–Kier alpha value is -1.94. The van der Waals surface area contributed by atoms with Gasteiger partial charge in [-0.2, -0.15) is 0 Å². The number of nitrogens with zero attached hydrogens (tertiary/aromatic N) is 1. The highest BCUT2D eigenvalue weighted by Gasteiger charge is 2.32. The van der Waals surface area contributed by atoms with Crippen molar-refractivity contribution in [1.82, 2.24) is 9.88 Å². The van der Waals surface area contributed by atoms with Gasteiger partial charge in [0.1, 0.15) is 0 Å². The van der Waals surface area contributed by atoms with Crippen LogP contribution in [0.4, 0.5) is 0 Å². The molecule has 0 saturated heterocycles. The minimum Gasteiger partial charge on any atom is -0.463 e. The molecule has 2 aliphatic heterocycles. The fourth-order valence-corrected chi connectivity index (χ4v) is 3.92. The molecular formula is C18H19ClN2O2. The second kappa shape index (κ2) is 5.60. The number of hydrogen-bond donors (Lipinski definition) is 1. The number of benzene rings is 1. The van der Waals surface area contributed by atoms with Gasteiger partial charge in [-0.3, -0.25) is 0 Å². The summed E-state index contributed by atoms with van der Waals surface area (Å²) in [5.74, 6) is -0.184. The normalized spacial score (nSPS) is 17.2. The monoisotopic (exact) mass is 330 g/mol. The summed E-state index contributed by atoms with van der Waals surface area (Å²) in [6.45, 7) is 4.18. The molecule has 0 atom stereocenters. The largest absolute Gasteiger partial charge is 0.463 e. The number of halogens is 1. The number of hydrogen-bond acceptors (Lipinski definition) is 3. The first-order valence-electron chi connectivity index (χ1n) is 8.14. The third-order valence-electron chi connectivity index (χ3n) is 4.72. The second-order valence-electron chi connectivity index (χ2n) is 6.06. The highest BCUT2D eigenvalue weighted by atomic mass is 35.5. The minimum absolute atomic E-state index is 0.184. The molecule has 4 nitrogen and oxygen atoms in total. The Balaban J connectivity index is 1.93. The first-order chi connectivity index (χ1) is 11.2. The highest BCUT2D eigenvalue weighted by Crippen LogP contribution is 2.39. The Kier molecular flexibility index (Phi) is 3.57. The molecule has 2 aliphatic rings. The molecule has 0 amide bonds. The quantitative estimate of drug-likeness (QED) is 0.853. The minimum atomic E-state index is -0.184. The van der Waals surface area contributed by atoms with Crippen LogP contribution in [0.5, 0.6) is 0 Å². The average molecular weight is 331 g/mol. The summed E-state index contributed by atoms with van der Waals surface area (Å²) >= 11 is 6.17. The molecule has 5 heteroatoms. The summed E-state index contributed by atoms with van der Waals surface area (Å²) in [6.07, 6.45) is 2.74. The summed E-state index contributed by atoms with van der Waals surface area (Å²) in [6, 6.07) is 5.91. The molecule has 0 fully saturated rings. The molecule has 0 unspecified atom stereocenters. The van der Waals surface area contributed by atoms with Crippen LogP contribution in [0, 0.1) is 0 Å². The van der Waals surface area contributed by atoms with Gasteiger partial charge in [-0.15, -0.1) is 0 Å². The van der Waals surface area contributed by atoms with E-state index in [1.807, 2.05) is 25.1 Å². The standard InChI is InChI=1S/C18H19ClN2O2/c1-2-23-18(22)13-4-3-8-21-9-7-12-14-10-11(19)5-6-15(14)20-16(12)17(13)21/h5-6,10,20H,2-4,7-9H2,1H3. The lowest BCUT2D eigenvalue weighted by Gasteiger charge is -2.36. The maximum atomic E-state index is 12.4. The van der Waals surface area contributed by atoms with Crippen molar-refractivity contribution in [1.29, 1.82) is 0 Å². The number of aromatic nitrogens is 1. The Morgan fingerprint density at radius 3 is 3.04 bits per heavy atom. The van der Waals surface area contributed by atoms with Gasteiger partial charge in [0.15, 0.2) is 0 Å². The van der Waals surface area contributed by atoms with Gasteiger partial charge in [-0.1, -0.05) is 11.6 Å². The highest BCUT2D eigenvalue weighted by molar-refractivity contribution is 6.31. The van der Waals surface area contributed by atoms with Crippen LogP contribution in [0.25, 0.3) is 16.6 Å². The summed E-state index contributed by atoms with van der Waals surface area (Å²) in [4.78, 5) is 18.2. The van der Waals surface area contributed by atoms with Crippen LogP contribution in [0.1, 0.15) is 31.0 Å². The third-order valence-corrected chi connectivity index (χ3v) is 4.95. The molecule has 0 bridgehead atoms. The van der Waals surface area contributed by atoms with E-state index < -0.39 is 0 Å². The molecule has 0 spiro atoms. The summed E-state index contributed by atoms with van der Waals surface area (Å²) in [7, 11) is 0. The van der Waals surface area contributed by atoms with Crippen LogP contribution in [-0.2, 0) is 16.0 Å². The van der Waals surface area contributed by atoms with Crippen molar-refractivity contribution in [3.63, 3.8) is 0 Å². The van der Waals surface area contributed by atoms with Gasteiger partial charge in [0, 0.05) is 29.0 Å². The van der Waals surface area contributed by atoms with Crippen molar-refractivity contribution >= 4 is 34.2 Å². The molecule has 0 saturated carbocycles. The van der Waals surface area contributed by atoms with Crippen LogP contribution in [0.2, 0.25) is 5.02 Å².